The van der Waals surface area contributed by atoms with Gasteiger partial charge in [-0.05, 0) is 125 Å². The minimum absolute atomic E-state index is 1.08. The lowest BCUT2D eigenvalue weighted by atomic mass is 10.1. The Hall–Kier alpha value is -5.48. The molecule has 4 heteroatoms. The molecule has 0 fully saturated rings. The van der Waals surface area contributed by atoms with Gasteiger partial charge in [0.1, 0.15) is 0 Å². The fourth-order valence-corrected chi connectivity index (χ4v) is 5.68. The molecule has 0 radical (unpaired) electrons. The van der Waals surface area contributed by atoms with Crippen molar-refractivity contribution in [1.29, 1.82) is 0 Å². The second kappa shape index (κ2) is 15.4. The quantitative estimate of drug-likeness (QED) is 0.168. The second-order valence-corrected chi connectivity index (χ2v) is 12.4. The predicted molar refractivity (Wildman–Crippen MR) is 205 cm³/mol. The summed E-state index contributed by atoms with van der Waals surface area (Å²) in [6.45, 7) is 16.7. The first-order valence-corrected chi connectivity index (χ1v) is 16.4. The molecule has 0 aliphatic heterocycles. The van der Waals surface area contributed by atoms with Gasteiger partial charge in [0.15, 0.2) is 0 Å². The summed E-state index contributed by atoms with van der Waals surface area (Å²) in [5.74, 6) is 0. The van der Waals surface area contributed by atoms with Gasteiger partial charge in [0.25, 0.3) is 0 Å². The van der Waals surface area contributed by atoms with Crippen molar-refractivity contribution in [3.05, 3.63) is 166 Å². The molecule has 0 aliphatic carbocycles. The number of benzene rings is 4. The highest BCUT2D eigenvalue weighted by molar-refractivity contribution is 5.85. The Kier molecular flexibility index (Phi) is 10.9. The van der Waals surface area contributed by atoms with E-state index in [0.29, 0.717) is 0 Å². The molecular formula is C44H44N4. The number of rotatable bonds is 0. The van der Waals surface area contributed by atoms with Crippen LogP contribution in [0.15, 0.2) is 122 Å². The highest BCUT2D eigenvalue weighted by Crippen LogP contribution is 2.20. The Morgan fingerprint density at radius 3 is 1.81 bits per heavy atom. The van der Waals surface area contributed by atoms with E-state index in [0.717, 1.165) is 33.5 Å². The number of nitrogens with zero attached hydrogens (tertiary/aromatic N) is 4. The molecule has 4 heterocycles. The summed E-state index contributed by atoms with van der Waals surface area (Å²) in [4.78, 5) is 17.6. The van der Waals surface area contributed by atoms with Gasteiger partial charge in [-0.25, -0.2) is 0 Å². The van der Waals surface area contributed by atoms with Gasteiger partial charge >= 0.3 is 0 Å². The molecule has 0 spiro atoms. The zero-order chi connectivity index (χ0) is 34.2. The van der Waals surface area contributed by atoms with Crippen LogP contribution in [0.4, 0.5) is 0 Å². The Labute approximate surface area is 284 Å². The van der Waals surface area contributed by atoms with Gasteiger partial charge in [0, 0.05) is 45.3 Å². The lowest BCUT2D eigenvalue weighted by molar-refractivity contribution is 1.20. The van der Waals surface area contributed by atoms with Crippen LogP contribution in [0.25, 0.3) is 43.6 Å². The molecule has 0 amide bonds. The summed E-state index contributed by atoms with van der Waals surface area (Å²) in [6.07, 6.45) is 3.79. The monoisotopic (exact) mass is 628 g/mol. The zero-order valence-corrected chi connectivity index (χ0v) is 29.3. The predicted octanol–water partition coefficient (Wildman–Crippen LogP) is 11.4. The fraction of sp³-hybridized carbons (Fsp3) is 0.182. The first kappa shape index (κ1) is 33.9. The molecule has 0 N–H and O–H groups in total. The Bertz CT molecular complexity index is 2250. The summed E-state index contributed by atoms with van der Waals surface area (Å²) < 4.78 is 0. The number of hydrogen-bond acceptors (Lipinski definition) is 4. The smallest absolute Gasteiger partial charge is 0.0733 e. The maximum Gasteiger partial charge on any atom is 0.0733 e. The maximum absolute atomic E-state index is 4.48. The third kappa shape index (κ3) is 8.08. The average Bonchev–Trinajstić information content (AvgIpc) is 3.09. The molecule has 0 atom stereocenters. The molecule has 4 aromatic heterocycles. The first-order chi connectivity index (χ1) is 23.1. The van der Waals surface area contributed by atoms with E-state index >= 15 is 0 Å². The van der Waals surface area contributed by atoms with Crippen molar-refractivity contribution in [2.75, 3.05) is 0 Å². The van der Waals surface area contributed by atoms with Crippen LogP contribution in [-0.4, -0.2) is 19.9 Å². The van der Waals surface area contributed by atoms with Crippen molar-refractivity contribution in [2.24, 2.45) is 0 Å². The fourth-order valence-electron chi connectivity index (χ4n) is 5.68. The lowest BCUT2D eigenvalue weighted by Gasteiger charge is -2.03. The van der Waals surface area contributed by atoms with Gasteiger partial charge in [-0.1, -0.05) is 72.8 Å². The van der Waals surface area contributed by atoms with Crippen LogP contribution in [0, 0.1) is 55.4 Å². The van der Waals surface area contributed by atoms with Crippen molar-refractivity contribution in [3.63, 3.8) is 0 Å². The van der Waals surface area contributed by atoms with Crippen molar-refractivity contribution in [1.82, 2.24) is 19.9 Å². The highest BCUT2D eigenvalue weighted by Gasteiger charge is 2.01. The minimum atomic E-state index is 1.08. The number of para-hydroxylation sites is 4. The molecule has 8 aromatic rings. The third-order valence-corrected chi connectivity index (χ3v) is 8.71. The van der Waals surface area contributed by atoms with E-state index in [1.54, 1.807) is 0 Å². The van der Waals surface area contributed by atoms with Crippen LogP contribution >= 0.6 is 0 Å². The van der Waals surface area contributed by atoms with Gasteiger partial charge < -0.3 is 0 Å². The molecule has 4 aromatic carbocycles. The maximum atomic E-state index is 4.48. The van der Waals surface area contributed by atoms with Gasteiger partial charge in [0.2, 0.25) is 0 Å². The third-order valence-electron chi connectivity index (χ3n) is 8.71. The summed E-state index contributed by atoms with van der Waals surface area (Å²) >= 11 is 0. The molecule has 48 heavy (non-hydrogen) atoms. The lowest BCUT2D eigenvalue weighted by Crippen LogP contribution is -1.87. The van der Waals surface area contributed by atoms with E-state index in [4.69, 9.17) is 0 Å². The molecule has 8 rings (SSSR count). The molecule has 0 unspecified atom stereocenters. The topological polar surface area (TPSA) is 51.6 Å². The number of aromatic nitrogens is 4. The number of aryl methyl sites for hydroxylation is 8. The van der Waals surface area contributed by atoms with Crippen molar-refractivity contribution < 1.29 is 0 Å². The highest BCUT2D eigenvalue weighted by atomic mass is 14.7. The summed E-state index contributed by atoms with van der Waals surface area (Å²) in [5, 5.41) is 5.00. The number of fused-ring (bicyclic) bond motifs is 4. The van der Waals surface area contributed by atoms with Crippen molar-refractivity contribution in [2.45, 2.75) is 55.4 Å². The van der Waals surface area contributed by atoms with E-state index in [-0.39, 0.29) is 0 Å². The number of pyridine rings is 4. The summed E-state index contributed by atoms with van der Waals surface area (Å²) in [7, 11) is 0. The Morgan fingerprint density at radius 2 is 1.06 bits per heavy atom. The molecule has 0 saturated heterocycles. The minimum Gasteiger partial charge on any atom is -0.256 e. The SMILES string of the molecule is Cc1cc(C)c2ccccc2n1.Cc1cc2ccccc2nc1C.Cc1ccnc2c(C)cccc12.Cc1cnc2ccccc2c1C. The molecule has 0 aliphatic rings. The normalized spacial score (nSPS) is 10.5. The average molecular weight is 629 g/mol. The number of hydrogen-bond donors (Lipinski definition) is 0. The van der Waals surface area contributed by atoms with E-state index in [9.17, 15) is 0 Å². The van der Waals surface area contributed by atoms with Gasteiger partial charge in [0.05, 0.1) is 22.1 Å². The van der Waals surface area contributed by atoms with Crippen LogP contribution in [0.5, 0.6) is 0 Å². The van der Waals surface area contributed by atoms with Gasteiger partial charge in [-0.3, -0.25) is 19.9 Å². The Morgan fingerprint density at radius 1 is 0.417 bits per heavy atom. The van der Waals surface area contributed by atoms with Crippen molar-refractivity contribution >= 4 is 43.6 Å². The largest absolute Gasteiger partial charge is 0.256 e. The van der Waals surface area contributed by atoms with E-state index in [2.05, 4.69) is 122 Å². The summed E-state index contributed by atoms with van der Waals surface area (Å²) in [6, 6.07) is 37.3. The second-order valence-electron chi connectivity index (χ2n) is 12.4. The van der Waals surface area contributed by atoms with E-state index in [1.165, 1.54) is 54.9 Å². The standard InChI is InChI=1S/4C11H11N/c1-8-6-7-12-11-9(2)4-3-5-10(8)11;1-8-7-12-11-6-4-3-5-10(11)9(8)2;1-8-7-10-5-3-4-6-11(10)12-9(8)2;1-8-7-9(2)12-11-6-4-3-5-10(8)11/h4*3-7H,1-2H3. The van der Waals surface area contributed by atoms with Crippen molar-refractivity contribution in [3.8, 4) is 0 Å². The van der Waals surface area contributed by atoms with Crippen LogP contribution in [-0.2, 0) is 0 Å². The summed E-state index contributed by atoms with van der Waals surface area (Å²) in [5.41, 5.74) is 14.3. The Balaban J connectivity index is 0.000000125. The van der Waals surface area contributed by atoms with Gasteiger partial charge in [-0.15, -0.1) is 0 Å². The molecular weight excluding hydrogens is 585 g/mol. The molecule has 0 bridgehead atoms. The van der Waals surface area contributed by atoms with Crippen LogP contribution < -0.4 is 0 Å². The van der Waals surface area contributed by atoms with Gasteiger partial charge in [-0.2, -0.15) is 0 Å². The zero-order valence-electron chi connectivity index (χ0n) is 29.3. The van der Waals surface area contributed by atoms with E-state index < -0.39 is 0 Å². The van der Waals surface area contributed by atoms with Crippen LogP contribution in [0.2, 0.25) is 0 Å². The van der Waals surface area contributed by atoms with Crippen LogP contribution in [0.1, 0.15) is 44.8 Å². The molecule has 240 valence electrons. The van der Waals surface area contributed by atoms with Crippen LogP contribution in [0.3, 0.4) is 0 Å². The molecule has 4 nitrogen and oxygen atoms in total. The molecule has 0 saturated carbocycles. The van der Waals surface area contributed by atoms with E-state index in [1.807, 2.05) is 74.8 Å². The first-order valence-electron chi connectivity index (χ1n) is 16.4.